The van der Waals surface area contributed by atoms with Crippen LogP contribution in [0.15, 0.2) is 34.2 Å². The van der Waals surface area contributed by atoms with Crippen LogP contribution in [0.25, 0.3) is 0 Å². The fraction of sp³-hybridized carbons (Fsp3) is 0.667. The Labute approximate surface area is 140 Å². The molecule has 0 aliphatic rings. The monoisotopic (exact) mass is 320 g/mol. The molecule has 0 amide bonds. The second-order valence-corrected chi connectivity index (χ2v) is 6.45. The predicted octanol–water partition coefficient (Wildman–Crippen LogP) is 2.62. The summed E-state index contributed by atoms with van der Waals surface area (Å²) >= 11 is 0. The van der Waals surface area contributed by atoms with Crippen LogP contribution < -0.4 is 16.2 Å². The van der Waals surface area contributed by atoms with Gasteiger partial charge in [-0.05, 0) is 44.6 Å². The topological polar surface area (TPSA) is 58.4 Å². The fourth-order valence-electron chi connectivity index (χ4n) is 2.34. The highest BCUT2D eigenvalue weighted by Crippen LogP contribution is 2.06. The number of guanidine groups is 1. The van der Waals surface area contributed by atoms with E-state index in [0.717, 1.165) is 44.2 Å². The molecule has 130 valence electrons. The largest absolute Gasteiger partial charge is 0.356 e. The molecule has 0 aliphatic heterocycles. The number of pyridine rings is 1. The van der Waals surface area contributed by atoms with Crippen LogP contribution in [0.1, 0.15) is 46.5 Å². The van der Waals surface area contributed by atoms with Crippen LogP contribution in [-0.2, 0) is 6.54 Å². The maximum absolute atomic E-state index is 11.6. The lowest BCUT2D eigenvalue weighted by Crippen LogP contribution is -2.42. The second-order valence-electron chi connectivity index (χ2n) is 6.45. The van der Waals surface area contributed by atoms with Crippen molar-refractivity contribution in [3.8, 4) is 0 Å². The van der Waals surface area contributed by atoms with Gasteiger partial charge in [-0.15, -0.1) is 0 Å². The minimum atomic E-state index is 0.0666. The maximum atomic E-state index is 11.6. The van der Waals surface area contributed by atoms with Crippen molar-refractivity contribution in [3.63, 3.8) is 0 Å². The number of nitrogens with one attached hydrogen (secondary N) is 2. The molecule has 0 radical (unpaired) electrons. The Balaban J connectivity index is 2.20. The van der Waals surface area contributed by atoms with E-state index in [2.05, 4.69) is 36.4 Å². The molecule has 0 fully saturated rings. The number of aryl methyl sites for hydroxylation is 1. The van der Waals surface area contributed by atoms with E-state index in [1.165, 1.54) is 6.42 Å². The van der Waals surface area contributed by atoms with Crippen LogP contribution in [0.3, 0.4) is 0 Å². The van der Waals surface area contributed by atoms with E-state index in [1.54, 1.807) is 23.7 Å². The molecular weight excluding hydrogens is 288 g/mol. The third-order valence-corrected chi connectivity index (χ3v) is 3.80. The second kappa shape index (κ2) is 10.9. The molecule has 0 spiro atoms. The molecule has 1 atom stereocenters. The Morgan fingerprint density at radius 2 is 2.00 bits per heavy atom. The number of hydrogen-bond donors (Lipinski definition) is 2. The average molecular weight is 320 g/mol. The summed E-state index contributed by atoms with van der Waals surface area (Å²) in [5.41, 5.74) is 0.0666. The average Bonchev–Trinajstić information content (AvgIpc) is 2.53. The van der Waals surface area contributed by atoms with Crippen molar-refractivity contribution in [2.75, 3.05) is 13.6 Å². The molecule has 0 saturated heterocycles. The zero-order valence-electron chi connectivity index (χ0n) is 15.0. The first kappa shape index (κ1) is 19.3. The Morgan fingerprint density at radius 1 is 1.22 bits per heavy atom. The lowest BCUT2D eigenvalue weighted by molar-refractivity contribution is 0.488. The summed E-state index contributed by atoms with van der Waals surface area (Å²) in [6.07, 6.45) is 6.18. The smallest absolute Gasteiger partial charge is 0.250 e. The van der Waals surface area contributed by atoms with Gasteiger partial charge >= 0.3 is 0 Å². The van der Waals surface area contributed by atoms with Gasteiger partial charge < -0.3 is 15.2 Å². The van der Waals surface area contributed by atoms with Crippen LogP contribution in [0.2, 0.25) is 0 Å². The summed E-state index contributed by atoms with van der Waals surface area (Å²) in [6.45, 7) is 8.31. The highest BCUT2D eigenvalue weighted by Gasteiger charge is 2.06. The molecule has 0 saturated carbocycles. The highest BCUT2D eigenvalue weighted by molar-refractivity contribution is 5.79. The van der Waals surface area contributed by atoms with Gasteiger partial charge in [0.1, 0.15) is 0 Å². The Hall–Kier alpha value is -1.78. The van der Waals surface area contributed by atoms with Gasteiger partial charge in [-0.1, -0.05) is 19.9 Å². The van der Waals surface area contributed by atoms with Gasteiger partial charge in [0.15, 0.2) is 5.96 Å². The van der Waals surface area contributed by atoms with Crippen molar-refractivity contribution < 1.29 is 0 Å². The minimum Gasteiger partial charge on any atom is -0.356 e. The van der Waals surface area contributed by atoms with Crippen molar-refractivity contribution in [1.29, 1.82) is 0 Å². The lowest BCUT2D eigenvalue weighted by atomic mass is 10.0. The zero-order valence-corrected chi connectivity index (χ0v) is 15.0. The van der Waals surface area contributed by atoms with Gasteiger partial charge in [-0.3, -0.25) is 9.79 Å². The van der Waals surface area contributed by atoms with Gasteiger partial charge in [0.25, 0.3) is 0 Å². The van der Waals surface area contributed by atoms with Crippen LogP contribution >= 0.6 is 0 Å². The number of rotatable bonds is 9. The van der Waals surface area contributed by atoms with E-state index < -0.39 is 0 Å². The van der Waals surface area contributed by atoms with E-state index in [0.29, 0.717) is 6.04 Å². The first-order valence-electron chi connectivity index (χ1n) is 8.65. The highest BCUT2D eigenvalue weighted by atomic mass is 16.1. The summed E-state index contributed by atoms with van der Waals surface area (Å²) in [7, 11) is 1.80. The Morgan fingerprint density at radius 3 is 2.65 bits per heavy atom. The van der Waals surface area contributed by atoms with Gasteiger partial charge in [0.2, 0.25) is 5.56 Å². The number of nitrogens with zero attached hydrogens (tertiary/aromatic N) is 2. The normalized spacial score (nSPS) is 13.2. The molecule has 1 aromatic rings. The first-order valence-corrected chi connectivity index (χ1v) is 8.65. The number of aliphatic imine (C=N–C) groups is 1. The van der Waals surface area contributed by atoms with Gasteiger partial charge in [-0.2, -0.15) is 0 Å². The molecule has 23 heavy (non-hydrogen) atoms. The molecule has 2 N–H and O–H groups in total. The maximum Gasteiger partial charge on any atom is 0.250 e. The van der Waals surface area contributed by atoms with Crippen LogP contribution in [0, 0.1) is 5.92 Å². The molecule has 5 nitrogen and oxygen atoms in total. The molecule has 1 rings (SSSR count). The number of unbranched alkanes of at least 4 members (excludes halogenated alkanes) is 1. The van der Waals surface area contributed by atoms with Crippen LogP contribution in [0.5, 0.6) is 0 Å². The summed E-state index contributed by atoms with van der Waals surface area (Å²) < 4.78 is 1.75. The SMILES string of the molecule is CN=C(NCCCCn1ccccc1=O)NC(C)CCC(C)C. The number of hydrogen-bond acceptors (Lipinski definition) is 2. The van der Waals surface area contributed by atoms with Gasteiger partial charge in [0, 0.05) is 38.4 Å². The molecule has 0 aliphatic carbocycles. The summed E-state index contributed by atoms with van der Waals surface area (Å²) in [5, 5.41) is 6.76. The van der Waals surface area contributed by atoms with E-state index in [4.69, 9.17) is 0 Å². The molecule has 1 aromatic heterocycles. The standard InChI is InChI=1S/C18H32N4O/c1-15(2)10-11-16(3)21-18(19-4)20-12-6-8-14-22-13-7-5-9-17(22)23/h5,7,9,13,15-16H,6,8,10-12,14H2,1-4H3,(H2,19,20,21). The van der Waals surface area contributed by atoms with Crippen molar-refractivity contribution in [1.82, 2.24) is 15.2 Å². The van der Waals surface area contributed by atoms with Crippen molar-refractivity contribution in [3.05, 3.63) is 34.7 Å². The Kier molecular flexibility index (Phi) is 9.10. The number of aromatic nitrogens is 1. The third-order valence-electron chi connectivity index (χ3n) is 3.80. The quantitative estimate of drug-likeness (QED) is 0.418. The Bertz CT molecular complexity index is 522. The van der Waals surface area contributed by atoms with E-state index >= 15 is 0 Å². The van der Waals surface area contributed by atoms with E-state index in [9.17, 15) is 4.79 Å². The lowest BCUT2D eigenvalue weighted by Gasteiger charge is -2.18. The summed E-state index contributed by atoms with van der Waals surface area (Å²) in [5.74, 6) is 1.59. The molecule has 0 aromatic carbocycles. The molecule has 1 unspecified atom stereocenters. The molecule has 1 heterocycles. The first-order chi connectivity index (χ1) is 11.0. The predicted molar refractivity (Wildman–Crippen MR) is 98.0 cm³/mol. The van der Waals surface area contributed by atoms with Crippen LogP contribution in [0.4, 0.5) is 0 Å². The minimum absolute atomic E-state index is 0.0666. The van der Waals surface area contributed by atoms with E-state index in [-0.39, 0.29) is 5.56 Å². The molecule has 0 bridgehead atoms. The van der Waals surface area contributed by atoms with Crippen molar-refractivity contribution in [2.24, 2.45) is 10.9 Å². The summed E-state index contributed by atoms with van der Waals surface area (Å²) in [4.78, 5) is 15.9. The van der Waals surface area contributed by atoms with Crippen molar-refractivity contribution in [2.45, 2.75) is 59.0 Å². The molecule has 5 heteroatoms. The third kappa shape index (κ3) is 8.43. The summed E-state index contributed by atoms with van der Waals surface area (Å²) in [6, 6.07) is 5.69. The molecular formula is C18H32N4O. The van der Waals surface area contributed by atoms with E-state index in [1.807, 2.05) is 12.3 Å². The zero-order chi connectivity index (χ0) is 17.1. The van der Waals surface area contributed by atoms with Crippen LogP contribution in [-0.4, -0.2) is 30.2 Å². The van der Waals surface area contributed by atoms with Gasteiger partial charge in [-0.25, -0.2) is 0 Å². The fourth-order valence-corrected chi connectivity index (χ4v) is 2.34. The van der Waals surface area contributed by atoms with Crippen molar-refractivity contribution >= 4 is 5.96 Å². The van der Waals surface area contributed by atoms with Gasteiger partial charge in [0.05, 0.1) is 0 Å².